The minimum atomic E-state index is 0.0964. The molecule has 0 aliphatic heterocycles. The Hall–Kier alpha value is -1.38. The highest BCUT2D eigenvalue weighted by Gasteiger charge is 2.01. The molecule has 0 aromatic carbocycles. The number of carbonyl (C=O) groups is 1. The summed E-state index contributed by atoms with van der Waals surface area (Å²) in [7, 11) is 0. The Morgan fingerprint density at radius 3 is 3.00 bits per heavy atom. The third-order valence-corrected chi connectivity index (χ3v) is 1.42. The average molecular weight is 150 g/mol. The molecule has 0 radical (unpaired) electrons. The minimum Gasteiger partial charge on any atom is -0.384 e. The largest absolute Gasteiger partial charge is 0.384 e. The van der Waals surface area contributed by atoms with Crippen molar-refractivity contribution in [3.8, 4) is 0 Å². The van der Waals surface area contributed by atoms with Gasteiger partial charge in [0.1, 0.15) is 5.82 Å². The number of pyridine rings is 1. The number of nitrogens with two attached hydrogens (primary N) is 1. The third kappa shape index (κ3) is 1.77. The van der Waals surface area contributed by atoms with Crippen LogP contribution in [0.25, 0.3) is 0 Å². The van der Waals surface area contributed by atoms with Gasteiger partial charge in [0, 0.05) is 18.2 Å². The van der Waals surface area contributed by atoms with E-state index in [1.807, 2.05) is 6.92 Å². The lowest BCUT2D eigenvalue weighted by Gasteiger charge is -1.96. The number of rotatable bonds is 2. The number of nitrogen functional groups attached to an aromatic ring is 1. The lowest BCUT2D eigenvalue weighted by atomic mass is 10.1. The molecule has 2 N–H and O–H groups in total. The third-order valence-electron chi connectivity index (χ3n) is 1.42. The summed E-state index contributed by atoms with van der Waals surface area (Å²) in [6.45, 7) is 1.82. The van der Waals surface area contributed by atoms with Crippen molar-refractivity contribution in [3.63, 3.8) is 0 Å². The van der Waals surface area contributed by atoms with Crippen LogP contribution >= 0.6 is 0 Å². The highest BCUT2D eigenvalue weighted by atomic mass is 16.1. The highest BCUT2D eigenvalue weighted by molar-refractivity contribution is 5.96. The van der Waals surface area contributed by atoms with Gasteiger partial charge in [0.2, 0.25) is 0 Å². The number of anilines is 1. The summed E-state index contributed by atoms with van der Waals surface area (Å²) < 4.78 is 0. The molecule has 0 amide bonds. The molecule has 0 unspecified atom stereocenters. The second kappa shape index (κ2) is 3.14. The fourth-order valence-electron chi connectivity index (χ4n) is 0.826. The molecule has 1 heterocycles. The van der Waals surface area contributed by atoms with Crippen molar-refractivity contribution in [1.82, 2.24) is 4.98 Å². The smallest absolute Gasteiger partial charge is 0.162 e. The molecule has 11 heavy (non-hydrogen) atoms. The van der Waals surface area contributed by atoms with E-state index in [1.165, 1.54) is 6.20 Å². The van der Waals surface area contributed by atoms with Crippen LogP contribution in [0.1, 0.15) is 23.7 Å². The molecule has 0 fully saturated rings. The first-order valence-corrected chi connectivity index (χ1v) is 3.48. The van der Waals surface area contributed by atoms with Gasteiger partial charge in [-0.05, 0) is 12.1 Å². The summed E-state index contributed by atoms with van der Waals surface area (Å²) in [5.41, 5.74) is 6.03. The molecule has 0 saturated heterocycles. The quantitative estimate of drug-likeness (QED) is 0.645. The van der Waals surface area contributed by atoms with E-state index in [-0.39, 0.29) is 5.78 Å². The number of hydrogen-bond acceptors (Lipinski definition) is 3. The summed E-state index contributed by atoms with van der Waals surface area (Å²) >= 11 is 0. The van der Waals surface area contributed by atoms with Crippen LogP contribution in [0, 0.1) is 0 Å². The second-order valence-corrected chi connectivity index (χ2v) is 2.25. The predicted octanol–water partition coefficient (Wildman–Crippen LogP) is 1.26. The predicted molar refractivity (Wildman–Crippen MR) is 43.3 cm³/mol. The molecule has 3 heteroatoms. The van der Waals surface area contributed by atoms with Crippen molar-refractivity contribution in [3.05, 3.63) is 23.9 Å². The lowest BCUT2D eigenvalue weighted by molar-refractivity contribution is 0.0988. The van der Waals surface area contributed by atoms with Gasteiger partial charge in [-0.2, -0.15) is 0 Å². The summed E-state index contributed by atoms with van der Waals surface area (Å²) in [4.78, 5) is 14.9. The van der Waals surface area contributed by atoms with Gasteiger partial charge in [0.15, 0.2) is 5.78 Å². The van der Waals surface area contributed by atoms with E-state index >= 15 is 0 Å². The van der Waals surface area contributed by atoms with Crippen LogP contribution in [0.2, 0.25) is 0 Å². The molecule has 1 rings (SSSR count). The molecule has 0 bridgehead atoms. The van der Waals surface area contributed by atoms with Crippen LogP contribution in [-0.2, 0) is 0 Å². The van der Waals surface area contributed by atoms with E-state index in [9.17, 15) is 4.79 Å². The molecule has 1 aromatic heterocycles. The Morgan fingerprint density at radius 1 is 1.73 bits per heavy atom. The SMILES string of the molecule is CCC(=O)c1ccnc(N)c1. The van der Waals surface area contributed by atoms with Crippen molar-refractivity contribution in [2.75, 3.05) is 5.73 Å². The van der Waals surface area contributed by atoms with Gasteiger partial charge in [-0.1, -0.05) is 6.92 Å². The highest BCUT2D eigenvalue weighted by Crippen LogP contribution is 2.05. The molecule has 0 aliphatic carbocycles. The Bertz CT molecular complexity index is 271. The number of aromatic nitrogens is 1. The number of carbonyl (C=O) groups excluding carboxylic acids is 1. The molecular formula is C8H10N2O. The van der Waals surface area contributed by atoms with Gasteiger partial charge in [-0.15, -0.1) is 0 Å². The number of nitrogens with zero attached hydrogens (tertiary/aromatic N) is 1. The maximum Gasteiger partial charge on any atom is 0.162 e. The molecule has 0 saturated carbocycles. The first-order chi connectivity index (χ1) is 5.24. The summed E-state index contributed by atoms with van der Waals surface area (Å²) in [6, 6.07) is 3.26. The van der Waals surface area contributed by atoms with Crippen LogP contribution in [0.3, 0.4) is 0 Å². The Balaban J connectivity index is 2.96. The van der Waals surface area contributed by atoms with Crippen molar-refractivity contribution in [1.29, 1.82) is 0 Å². The summed E-state index contributed by atoms with van der Waals surface area (Å²) in [6.07, 6.45) is 2.04. The van der Waals surface area contributed by atoms with Crippen molar-refractivity contribution < 1.29 is 4.79 Å². The van der Waals surface area contributed by atoms with Crippen LogP contribution in [0.5, 0.6) is 0 Å². The molecule has 58 valence electrons. The van der Waals surface area contributed by atoms with Gasteiger partial charge >= 0.3 is 0 Å². The van der Waals surface area contributed by atoms with Gasteiger partial charge < -0.3 is 5.73 Å². The first-order valence-electron chi connectivity index (χ1n) is 3.48. The van der Waals surface area contributed by atoms with Crippen LogP contribution in [0.4, 0.5) is 5.82 Å². The number of ketones is 1. The lowest BCUT2D eigenvalue weighted by Crippen LogP contribution is -1.98. The maximum absolute atomic E-state index is 11.1. The molecule has 1 aromatic rings. The average Bonchev–Trinajstić information content (AvgIpc) is 2.03. The zero-order chi connectivity index (χ0) is 8.27. The van der Waals surface area contributed by atoms with Crippen LogP contribution in [-0.4, -0.2) is 10.8 Å². The van der Waals surface area contributed by atoms with E-state index in [2.05, 4.69) is 4.98 Å². The molecular weight excluding hydrogens is 140 g/mol. The second-order valence-electron chi connectivity index (χ2n) is 2.25. The zero-order valence-corrected chi connectivity index (χ0v) is 6.37. The summed E-state index contributed by atoms with van der Waals surface area (Å²) in [5.74, 6) is 0.489. The fraction of sp³-hybridized carbons (Fsp3) is 0.250. The minimum absolute atomic E-state index is 0.0964. The zero-order valence-electron chi connectivity index (χ0n) is 6.37. The maximum atomic E-state index is 11.1. The molecule has 0 spiro atoms. The van der Waals surface area contributed by atoms with E-state index < -0.39 is 0 Å². The monoisotopic (exact) mass is 150 g/mol. The van der Waals surface area contributed by atoms with E-state index in [1.54, 1.807) is 12.1 Å². The first kappa shape index (κ1) is 7.72. The van der Waals surface area contributed by atoms with Crippen molar-refractivity contribution in [2.45, 2.75) is 13.3 Å². The Labute approximate surface area is 65.2 Å². The van der Waals surface area contributed by atoms with Crippen LogP contribution in [0.15, 0.2) is 18.3 Å². The fourth-order valence-corrected chi connectivity index (χ4v) is 0.826. The normalized spacial score (nSPS) is 9.55. The Morgan fingerprint density at radius 2 is 2.45 bits per heavy atom. The standard InChI is InChI=1S/C8H10N2O/c1-2-7(11)6-3-4-10-8(9)5-6/h3-5H,2H2,1H3,(H2,9,10). The van der Waals surface area contributed by atoms with Gasteiger partial charge in [0.05, 0.1) is 0 Å². The van der Waals surface area contributed by atoms with E-state index in [4.69, 9.17) is 5.73 Å². The topological polar surface area (TPSA) is 56.0 Å². The van der Waals surface area contributed by atoms with E-state index in [0.29, 0.717) is 17.8 Å². The van der Waals surface area contributed by atoms with Gasteiger partial charge in [-0.25, -0.2) is 4.98 Å². The molecule has 0 aliphatic rings. The van der Waals surface area contributed by atoms with Gasteiger partial charge in [-0.3, -0.25) is 4.79 Å². The Kier molecular flexibility index (Phi) is 2.21. The molecule has 3 nitrogen and oxygen atoms in total. The summed E-state index contributed by atoms with van der Waals surface area (Å²) in [5, 5.41) is 0. The molecule has 0 atom stereocenters. The number of Topliss-reactive ketones (excluding diaryl/α,β-unsaturated/α-hetero) is 1. The van der Waals surface area contributed by atoms with Crippen molar-refractivity contribution in [2.24, 2.45) is 0 Å². The van der Waals surface area contributed by atoms with Crippen molar-refractivity contribution >= 4 is 11.6 Å². The van der Waals surface area contributed by atoms with E-state index in [0.717, 1.165) is 0 Å². The van der Waals surface area contributed by atoms with Crippen LogP contribution < -0.4 is 5.73 Å². The number of hydrogen-bond donors (Lipinski definition) is 1. The van der Waals surface area contributed by atoms with Gasteiger partial charge in [0.25, 0.3) is 0 Å².